The van der Waals surface area contributed by atoms with Gasteiger partial charge in [-0.2, -0.15) is 0 Å². The first-order valence-corrected chi connectivity index (χ1v) is 6.09. The van der Waals surface area contributed by atoms with Crippen LogP contribution < -0.4 is 10.1 Å². The summed E-state index contributed by atoms with van der Waals surface area (Å²) >= 11 is 0. The maximum absolute atomic E-state index is 11.9. The van der Waals surface area contributed by atoms with E-state index in [1.54, 1.807) is 6.07 Å². The van der Waals surface area contributed by atoms with Gasteiger partial charge in [-0.3, -0.25) is 4.79 Å². The van der Waals surface area contributed by atoms with E-state index in [1.165, 1.54) is 19.2 Å². The van der Waals surface area contributed by atoms with Crippen LogP contribution in [0.5, 0.6) is 11.5 Å². The van der Waals surface area contributed by atoms with Gasteiger partial charge in [-0.25, -0.2) is 4.98 Å². The fourth-order valence-electron chi connectivity index (χ4n) is 1.70. The summed E-state index contributed by atoms with van der Waals surface area (Å²) in [4.78, 5) is 16.1. The number of oxazole rings is 1. The van der Waals surface area contributed by atoms with E-state index in [0.717, 1.165) is 11.5 Å². The molecule has 0 atom stereocenters. The average molecular weight is 276 g/mol. The van der Waals surface area contributed by atoms with Gasteiger partial charge < -0.3 is 19.6 Å². The summed E-state index contributed by atoms with van der Waals surface area (Å²) in [6.07, 6.45) is 0. The van der Waals surface area contributed by atoms with Crippen molar-refractivity contribution in [2.75, 3.05) is 7.11 Å². The van der Waals surface area contributed by atoms with Crippen molar-refractivity contribution in [2.45, 2.75) is 20.4 Å². The first kappa shape index (κ1) is 13.9. The molecule has 0 bridgehead atoms. The summed E-state index contributed by atoms with van der Waals surface area (Å²) < 4.78 is 10.3. The Bertz CT molecular complexity index is 615. The summed E-state index contributed by atoms with van der Waals surface area (Å²) in [7, 11) is 1.45. The van der Waals surface area contributed by atoms with Crippen LogP contribution in [0, 0.1) is 13.8 Å². The number of ether oxygens (including phenoxy) is 1. The zero-order valence-electron chi connectivity index (χ0n) is 11.6. The van der Waals surface area contributed by atoms with Crippen LogP contribution in [-0.4, -0.2) is 23.1 Å². The third-order valence-electron chi connectivity index (χ3n) is 2.91. The molecule has 1 aromatic carbocycles. The molecule has 1 heterocycles. The van der Waals surface area contributed by atoms with Crippen LogP contribution in [0.15, 0.2) is 22.6 Å². The normalized spacial score (nSPS) is 10.3. The Morgan fingerprint density at radius 2 is 2.20 bits per heavy atom. The number of amides is 1. The predicted octanol–water partition coefficient (Wildman–Crippen LogP) is 1.94. The number of methoxy groups -OCH3 is 1. The molecule has 0 aliphatic carbocycles. The molecule has 106 valence electrons. The number of phenolic OH excluding ortho intramolecular Hbond substituents is 1. The molecule has 6 nitrogen and oxygen atoms in total. The first-order valence-electron chi connectivity index (χ1n) is 6.09. The van der Waals surface area contributed by atoms with Gasteiger partial charge in [-0.15, -0.1) is 0 Å². The molecule has 2 rings (SSSR count). The molecule has 0 spiro atoms. The van der Waals surface area contributed by atoms with E-state index in [2.05, 4.69) is 10.3 Å². The number of hydrogen-bond donors (Lipinski definition) is 2. The van der Waals surface area contributed by atoms with Crippen LogP contribution in [-0.2, 0) is 6.54 Å². The molecule has 1 amide bonds. The minimum Gasteiger partial charge on any atom is -0.504 e. The van der Waals surface area contributed by atoms with Crippen molar-refractivity contribution in [1.29, 1.82) is 0 Å². The highest BCUT2D eigenvalue weighted by molar-refractivity contribution is 5.94. The second-order valence-corrected chi connectivity index (χ2v) is 4.32. The molecule has 6 heteroatoms. The molecule has 2 aromatic rings. The minimum atomic E-state index is -0.323. The molecule has 0 radical (unpaired) electrons. The lowest BCUT2D eigenvalue weighted by Gasteiger charge is -2.06. The number of hydrogen-bond acceptors (Lipinski definition) is 5. The second-order valence-electron chi connectivity index (χ2n) is 4.32. The molecular formula is C14H16N2O4. The van der Waals surface area contributed by atoms with Gasteiger partial charge in [0.25, 0.3) is 5.91 Å². The molecule has 0 saturated carbocycles. The van der Waals surface area contributed by atoms with Crippen LogP contribution >= 0.6 is 0 Å². The van der Waals surface area contributed by atoms with Crippen molar-refractivity contribution >= 4 is 5.91 Å². The Kier molecular flexibility index (Phi) is 3.93. The SMILES string of the molecule is COc1ccc(C(=O)NCc2nc(C)c(C)o2)cc1O. The van der Waals surface area contributed by atoms with Crippen LogP contribution in [0.1, 0.15) is 27.7 Å². The zero-order valence-corrected chi connectivity index (χ0v) is 11.6. The van der Waals surface area contributed by atoms with Crippen molar-refractivity contribution in [1.82, 2.24) is 10.3 Å². The second kappa shape index (κ2) is 5.64. The number of rotatable bonds is 4. The number of aromatic nitrogens is 1. The topological polar surface area (TPSA) is 84.6 Å². The number of nitrogens with zero attached hydrogens (tertiary/aromatic N) is 1. The number of nitrogens with one attached hydrogen (secondary N) is 1. The lowest BCUT2D eigenvalue weighted by Crippen LogP contribution is -2.22. The van der Waals surface area contributed by atoms with Gasteiger partial charge in [0, 0.05) is 5.56 Å². The number of benzene rings is 1. The largest absolute Gasteiger partial charge is 0.504 e. The van der Waals surface area contributed by atoms with Crippen molar-refractivity contribution in [3.8, 4) is 11.5 Å². The predicted molar refractivity (Wildman–Crippen MR) is 71.8 cm³/mol. The number of carbonyl (C=O) groups is 1. The first-order chi connectivity index (χ1) is 9.51. The smallest absolute Gasteiger partial charge is 0.251 e. The van der Waals surface area contributed by atoms with E-state index in [-0.39, 0.29) is 18.2 Å². The highest BCUT2D eigenvalue weighted by Crippen LogP contribution is 2.26. The number of carbonyl (C=O) groups excluding carboxylic acids is 1. The van der Waals surface area contributed by atoms with E-state index in [1.807, 2.05) is 13.8 Å². The van der Waals surface area contributed by atoms with E-state index in [9.17, 15) is 9.90 Å². The standard InChI is InChI=1S/C14H16N2O4/c1-8-9(2)20-13(16-8)7-15-14(18)10-4-5-12(19-3)11(17)6-10/h4-6,17H,7H2,1-3H3,(H,15,18). The van der Waals surface area contributed by atoms with Crippen LogP contribution in [0.4, 0.5) is 0 Å². The summed E-state index contributed by atoms with van der Waals surface area (Å²) in [5, 5.41) is 12.3. The Morgan fingerprint density at radius 1 is 1.45 bits per heavy atom. The maximum Gasteiger partial charge on any atom is 0.251 e. The summed E-state index contributed by atoms with van der Waals surface area (Å²) in [6.45, 7) is 3.85. The fraction of sp³-hybridized carbons (Fsp3) is 0.286. The molecule has 0 unspecified atom stereocenters. The highest BCUT2D eigenvalue weighted by Gasteiger charge is 2.11. The highest BCUT2D eigenvalue weighted by atomic mass is 16.5. The van der Waals surface area contributed by atoms with Gasteiger partial charge in [0.1, 0.15) is 5.76 Å². The van der Waals surface area contributed by atoms with Gasteiger partial charge >= 0.3 is 0 Å². The van der Waals surface area contributed by atoms with Gasteiger partial charge in [0.15, 0.2) is 11.5 Å². The Morgan fingerprint density at radius 3 is 2.75 bits per heavy atom. The monoisotopic (exact) mass is 276 g/mol. The molecule has 1 aromatic heterocycles. The van der Waals surface area contributed by atoms with E-state index >= 15 is 0 Å². The van der Waals surface area contributed by atoms with Crippen LogP contribution in [0.25, 0.3) is 0 Å². The Hall–Kier alpha value is -2.50. The lowest BCUT2D eigenvalue weighted by atomic mass is 10.2. The summed E-state index contributed by atoms with van der Waals surface area (Å²) in [5.41, 5.74) is 1.14. The Labute approximate surface area is 116 Å². The third-order valence-corrected chi connectivity index (χ3v) is 2.91. The van der Waals surface area contributed by atoms with Crippen molar-refractivity contribution in [3.05, 3.63) is 41.1 Å². The number of phenols is 1. The number of aromatic hydroxyl groups is 1. The van der Waals surface area contributed by atoms with Crippen LogP contribution in [0.3, 0.4) is 0 Å². The van der Waals surface area contributed by atoms with Gasteiger partial charge in [0.2, 0.25) is 5.89 Å². The van der Waals surface area contributed by atoms with Gasteiger partial charge in [-0.1, -0.05) is 0 Å². The average Bonchev–Trinajstić information content (AvgIpc) is 2.75. The van der Waals surface area contributed by atoms with Gasteiger partial charge in [-0.05, 0) is 32.0 Å². The van der Waals surface area contributed by atoms with Gasteiger partial charge in [0.05, 0.1) is 19.3 Å². The molecule has 0 fully saturated rings. The number of aryl methyl sites for hydroxylation is 2. The minimum absolute atomic E-state index is 0.0806. The van der Waals surface area contributed by atoms with Crippen LogP contribution in [0.2, 0.25) is 0 Å². The molecule has 0 aliphatic rings. The zero-order chi connectivity index (χ0) is 14.7. The molecule has 2 N–H and O–H groups in total. The van der Waals surface area contributed by atoms with E-state index < -0.39 is 0 Å². The van der Waals surface area contributed by atoms with Crippen molar-refractivity contribution in [3.63, 3.8) is 0 Å². The van der Waals surface area contributed by atoms with E-state index in [4.69, 9.17) is 9.15 Å². The lowest BCUT2D eigenvalue weighted by molar-refractivity contribution is 0.0946. The molecular weight excluding hydrogens is 260 g/mol. The quantitative estimate of drug-likeness (QED) is 0.891. The van der Waals surface area contributed by atoms with Crippen molar-refractivity contribution in [2.24, 2.45) is 0 Å². The Balaban J connectivity index is 2.03. The van der Waals surface area contributed by atoms with Crippen molar-refractivity contribution < 1.29 is 19.1 Å². The maximum atomic E-state index is 11.9. The summed E-state index contributed by atoms with van der Waals surface area (Å²) in [6, 6.07) is 4.45. The molecule has 0 saturated heterocycles. The molecule has 20 heavy (non-hydrogen) atoms. The van der Waals surface area contributed by atoms with E-state index in [0.29, 0.717) is 17.2 Å². The summed E-state index contributed by atoms with van der Waals surface area (Å²) in [5.74, 6) is 1.10. The fourth-order valence-corrected chi connectivity index (χ4v) is 1.70. The molecule has 0 aliphatic heterocycles. The third kappa shape index (κ3) is 2.90.